The molecule has 0 saturated heterocycles. The van der Waals surface area contributed by atoms with Gasteiger partial charge in [-0.15, -0.1) is 0 Å². The lowest BCUT2D eigenvalue weighted by Crippen LogP contribution is -2.21. The van der Waals surface area contributed by atoms with E-state index in [2.05, 4.69) is 234 Å². The van der Waals surface area contributed by atoms with Crippen molar-refractivity contribution >= 4 is 65.2 Å². The Bertz CT molecular complexity index is 3520. The zero-order valence-corrected chi connectivity index (χ0v) is 36.1. The molecule has 0 aliphatic heterocycles. The third-order valence-corrected chi connectivity index (χ3v) is 13.2. The minimum absolute atomic E-state index is 0.00329. The fourth-order valence-corrected chi connectivity index (χ4v) is 10.1. The summed E-state index contributed by atoms with van der Waals surface area (Å²) in [6.07, 6.45) is 0. The van der Waals surface area contributed by atoms with Crippen LogP contribution in [0.15, 0.2) is 176 Å². The number of benzene rings is 9. The minimum atomic E-state index is -0.0311. The second-order valence-corrected chi connectivity index (χ2v) is 19.0. The molecule has 0 aliphatic rings. The second kappa shape index (κ2) is 13.6. The fraction of sp³-hybridized carbons (Fsp3) is 0.153. The van der Waals surface area contributed by atoms with E-state index in [0.717, 1.165) is 0 Å². The van der Waals surface area contributed by atoms with E-state index >= 15 is 0 Å². The number of hydrogen-bond donors (Lipinski definition) is 0. The maximum absolute atomic E-state index is 2.48. The molecule has 0 fully saturated rings. The van der Waals surface area contributed by atoms with E-state index in [1.54, 1.807) is 0 Å². The SMILES string of the molecule is Cn1c2ccccc2c2cc(-c3ccc(-c4c5ccccc5c(-c5ccc(-c6ccc7c(c6)c6ccccc6n7C(C)(C)C)cc5)c5ccc(C(C)(C)C)cc45)cc3)ccc21. The predicted octanol–water partition coefficient (Wildman–Crippen LogP) is 16.5. The minimum Gasteiger partial charge on any atom is -0.344 e. The Morgan fingerprint density at radius 3 is 1.26 bits per heavy atom. The Labute approximate surface area is 358 Å². The van der Waals surface area contributed by atoms with Gasteiger partial charge in [0.05, 0.1) is 0 Å². The van der Waals surface area contributed by atoms with Crippen LogP contribution in [0.1, 0.15) is 47.1 Å². The molecule has 0 saturated carbocycles. The molecule has 0 bridgehead atoms. The molecule has 2 heteroatoms. The fourth-order valence-electron chi connectivity index (χ4n) is 10.1. The summed E-state index contributed by atoms with van der Waals surface area (Å²) in [6, 6.07) is 66.1. The van der Waals surface area contributed by atoms with Crippen LogP contribution in [0.5, 0.6) is 0 Å². The maximum atomic E-state index is 2.48. The van der Waals surface area contributed by atoms with Crippen molar-refractivity contribution in [2.24, 2.45) is 7.05 Å². The molecule has 2 nitrogen and oxygen atoms in total. The molecule has 61 heavy (non-hydrogen) atoms. The molecule has 0 spiro atoms. The molecule has 2 heterocycles. The second-order valence-electron chi connectivity index (χ2n) is 19.0. The zero-order valence-electron chi connectivity index (χ0n) is 36.1. The van der Waals surface area contributed by atoms with E-state index in [1.165, 1.54) is 115 Å². The standard InChI is InChI=1S/C59H50N2/c1-58(2,3)43-30-31-48-51(36-43)57(40-26-22-37(23-27-40)41-28-32-53-49(34-41)44-14-10-12-18-52(44)60(53)7)47-17-9-8-16-46(47)56(48)39-24-20-38(21-25-39)42-29-33-55-50(35-42)45-15-11-13-19-54(45)61(55)59(4,5)6/h8-36H,1-7H3. The molecule has 11 aromatic rings. The first-order valence-electron chi connectivity index (χ1n) is 21.7. The van der Waals surface area contributed by atoms with Crippen LogP contribution in [-0.2, 0) is 18.0 Å². The van der Waals surface area contributed by atoms with Crippen molar-refractivity contribution in [3.05, 3.63) is 181 Å². The van der Waals surface area contributed by atoms with Gasteiger partial charge in [0, 0.05) is 56.2 Å². The van der Waals surface area contributed by atoms with E-state index in [1.807, 2.05) is 0 Å². The largest absolute Gasteiger partial charge is 0.344 e. The highest BCUT2D eigenvalue weighted by Crippen LogP contribution is 2.46. The van der Waals surface area contributed by atoms with Crippen LogP contribution in [0.2, 0.25) is 0 Å². The first-order valence-corrected chi connectivity index (χ1v) is 21.7. The molecule has 0 aliphatic carbocycles. The highest BCUT2D eigenvalue weighted by Gasteiger charge is 2.23. The van der Waals surface area contributed by atoms with Gasteiger partial charge in [-0.05, 0) is 140 Å². The summed E-state index contributed by atoms with van der Waals surface area (Å²) in [7, 11) is 2.16. The smallest absolute Gasteiger partial charge is 0.0496 e. The van der Waals surface area contributed by atoms with Crippen LogP contribution < -0.4 is 0 Å². The first kappa shape index (κ1) is 37.1. The number of rotatable bonds is 4. The average Bonchev–Trinajstić information content (AvgIpc) is 3.76. The molecule has 0 unspecified atom stereocenters. The Kier molecular flexibility index (Phi) is 8.25. The van der Waals surface area contributed by atoms with Crippen molar-refractivity contribution in [2.45, 2.75) is 52.5 Å². The van der Waals surface area contributed by atoms with Gasteiger partial charge in [0.15, 0.2) is 0 Å². The van der Waals surface area contributed by atoms with Crippen LogP contribution >= 0.6 is 0 Å². The number of fused-ring (bicyclic) bond motifs is 8. The molecule has 0 radical (unpaired) electrons. The topological polar surface area (TPSA) is 9.86 Å². The van der Waals surface area contributed by atoms with Gasteiger partial charge in [0.1, 0.15) is 0 Å². The van der Waals surface area contributed by atoms with E-state index in [0.29, 0.717) is 0 Å². The number of aryl methyl sites for hydroxylation is 1. The molecular weight excluding hydrogens is 737 g/mol. The van der Waals surface area contributed by atoms with Crippen molar-refractivity contribution in [2.75, 3.05) is 0 Å². The summed E-state index contributed by atoms with van der Waals surface area (Å²) >= 11 is 0. The molecule has 296 valence electrons. The van der Waals surface area contributed by atoms with Gasteiger partial charge in [-0.2, -0.15) is 0 Å². The van der Waals surface area contributed by atoms with Crippen molar-refractivity contribution in [3.63, 3.8) is 0 Å². The van der Waals surface area contributed by atoms with Gasteiger partial charge in [-0.1, -0.05) is 154 Å². The first-order chi connectivity index (χ1) is 29.4. The Morgan fingerprint density at radius 2 is 0.705 bits per heavy atom. The highest BCUT2D eigenvalue weighted by atomic mass is 15.0. The summed E-state index contributed by atoms with van der Waals surface area (Å²) in [5.41, 5.74) is 16.3. The van der Waals surface area contributed by atoms with Gasteiger partial charge in [0.25, 0.3) is 0 Å². The molecule has 2 aromatic heterocycles. The van der Waals surface area contributed by atoms with Crippen LogP contribution in [0, 0.1) is 0 Å². The lowest BCUT2D eigenvalue weighted by Gasteiger charge is -2.24. The van der Waals surface area contributed by atoms with Crippen LogP contribution in [-0.4, -0.2) is 9.13 Å². The third-order valence-electron chi connectivity index (χ3n) is 13.2. The average molecular weight is 787 g/mol. The molecular formula is C59H50N2. The number of nitrogens with zero attached hydrogens (tertiary/aromatic N) is 2. The van der Waals surface area contributed by atoms with Gasteiger partial charge < -0.3 is 9.13 Å². The zero-order chi connectivity index (χ0) is 41.8. The molecule has 0 amide bonds. The van der Waals surface area contributed by atoms with Gasteiger partial charge in [0.2, 0.25) is 0 Å². The summed E-state index contributed by atoms with van der Waals surface area (Å²) in [6.45, 7) is 13.8. The maximum Gasteiger partial charge on any atom is 0.0496 e. The number of hydrogen-bond acceptors (Lipinski definition) is 0. The number of aromatic nitrogens is 2. The summed E-state index contributed by atoms with van der Waals surface area (Å²) in [4.78, 5) is 0. The van der Waals surface area contributed by atoms with Gasteiger partial charge in [-0.3, -0.25) is 0 Å². The molecule has 0 atom stereocenters. The molecule has 0 N–H and O–H groups in total. The summed E-state index contributed by atoms with van der Waals surface area (Å²) in [5.74, 6) is 0. The summed E-state index contributed by atoms with van der Waals surface area (Å²) in [5, 5.41) is 10.3. The Balaban J connectivity index is 1.04. The lowest BCUT2D eigenvalue weighted by molar-refractivity contribution is 0.423. The van der Waals surface area contributed by atoms with Crippen LogP contribution in [0.25, 0.3) is 110 Å². The van der Waals surface area contributed by atoms with Crippen molar-refractivity contribution in [1.82, 2.24) is 9.13 Å². The Morgan fingerprint density at radius 1 is 0.311 bits per heavy atom. The summed E-state index contributed by atoms with van der Waals surface area (Å²) < 4.78 is 4.78. The third kappa shape index (κ3) is 5.92. The quantitative estimate of drug-likeness (QED) is 0.157. The van der Waals surface area contributed by atoms with Crippen LogP contribution in [0.4, 0.5) is 0 Å². The lowest BCUT2D eigenvalue weighted by atomic mass is 9.81. The van der Waals surface area contributed by atoms with E-state index < -0.39 is 0 Å². The van der Waals surface area contributed by atoms with Crippen molar-refractivity contribution in [1.29, 1.82) is 0 Å². The molecule has 11 rings (SSSR count). The number of para-hydroxylation sites is 2. The van der Waals surface area contributed by atoms with E-state index in [-0.39, 0.29) is 11.0 Å². The van der Waals surface area contributed by atoms with E-state index in [9.17, 15) is 0 Å². The highest BCUT2D eigenvalue weighted by molar-refractivity contribution is 6.22. The van der Waals surface area contributed by atoms with Crippen LogP contribution in [0.3, 0.4) is 0 Å². The monoisotopic (exact) mass is 786 g/mol. The van der Waals surface area contributed by atoms with E-state index in [4.69, 9.17) is 0 Å². The van der Waals surface area contributed by atoms with Crippen molar-refractivity contribution < 1.29 is 0 Å². The predicted molar refractivity (Wildman–Crippen MR) is 264 cm³/mol. The van der Waals surface area contributed by atoms with Gasteiger partial charge >= 0.3 is 0 Å². The normalized spacial score (nSPS) is 12.5. The van der Waals surface area contributed by atoms with Gasteiger partial charge in [-0.25, -0.2) is 0 Å². The van der Waals surface area contributed by atoms with Crippen molar-refractivity contribution in [3.8, 4) is 44.5 Å². The Hall–Kier alpha value is -6.90. The molecule has 9 aromatic carbocycles.